The molecule has 0 spiro atoms. The molecule has 126 valence electrons. The Morgan fingerprint density at radius 1 is 0.960 bits per heavy atom. The molecule has 0 bridgehead atoms. The normalized spacial score (nSPS) is 11.6. The highest BCUT2D eigenvalue weighted by Crippen LogP contribution is 2.21. The molecule has 4 heteroatoms. The number of benzene rings is 2. The molecule has 1 atom stereocenters. The number of hydrogen-bond acceptors (Lipinski definition) is 2. The fourth-order valence-electron chi connectivity index (χ4n) is 2.66. The van der Waals surface area contributed by atoms with Gasteiger partial charge < -0.3 is 10.6 Å². The highest BCUT2D eigenvalue weighted by atomic mass is 16.2. The van der Waals surface area contributed by atoms with E-state index in [0.717, 1.165) is 28.1 Å². The number of anilines is 1. The summed E-state index contributed by atoms with van der Waals surface area (Å²) < 4.78 is 0. The predicted octanol–water partition coefficient (Wildman–Crippen LogP) is 4.94. The Balaban J connectivity index is 1.62. The molecule has 3 aromatic rings. The van der Waals surface area contributed by atoms with E-state index in [9.17, 15) is 4.79 Å². The van der Waals surface area contributed by atoms with Crippen LogP contribution >= 0.6 is 0 Å². The van der Waals surface area contributed by atoms with E-state index >= 15 is 0 Å². The van der Waals surface area contributed by atoms with Crippen LogP contribution < -0.4 is 10.6 Å². The first-order valence-corrected chi connectivity index (χ1v) is 8.27. The summed E-state index contributed by atoms with van der Waals surface area (Å²) in [4.78, 5) is 16.4. The molecule has 1 aromatic heterocycles. The summed E-state index contributed by atoms with van der Waals surface area (Å²) in [5.74, 6) is 0. The first-order valence-electron chi connectivity index (χ1n) is 8.27. The van der Waals surface area contributed by atoms with Crippen molar-refractivity contribution in [2.75, 3.05) is 5.32 Å². The Morgan fingerprint density at radius 2 is 1.68 bits per heavy atom. The van der Waals surface area contributed by atoms with Gasteiger partial charge in [0.2, 0.25) is 0 Å². The van der Waals surface area contributed by atoms with Gasteiger partial charge in [0, 0.05) is 17.6 Å². The van der Waals surface area contributed by atoms with E-state index in [0.29, 0.717) is 0 Å². The van der Waals surface area contributed by atoms with Crippen LogP contribution in [0.4, 0.5) is 10.5 Å². The lowest BCUT2D eigenvalue weighted by atomic mass is 10.1. The molecule has 0 saturated carbocycles. The predicted molar refractivity (Wildman–Crippen MR) is 101 cm³/mol. The van der Waals surface area contributed by atoms with Crippen LogP contribution in [0.15, 0.2) is 72.9 Å². The minimum atomic E-state index is -0.219. The molecule has 1 heterocycles. The first-order chi connectivity index (χ1) is 12.1. The molecule has 0 aliphatic carbocycles. The molecule has 2 amide bonds. The van der Waals surface area contributed by atoms with Gasteiger partial charge in [0.1, 0.15) is 0 Å². The Hall–Kier alpha value is -3.14. The molecule has 0 fully saturated rings. The lowest BCUT2D eigenvalue weighted by Gasteiger charge is -2.15. The number of nitrogens with one attached hydrogen (secondary N) is 2. The summed E-state index contributed by atoms with van der Waals surface area (Å²) in [6.07, 6.45) is 1.80. The Bertz CT molecular complexity index is 845. The minimum absolute atomic E-state index is 0.0553. The summed E-state index contributed by atoms with van der Waals surface area (Å²) in [6, 6.07) is 21.4. The molecule has 0 aliphatic heterocycles. The van der Waals surface area contributed by atoms with Crippen molar-refractivity contribution in [3.8, 4) is 11.1 Å². The van der Waals surface area contributed by atoms with E-state index in [1.54, 1.807) is 6.20 Å². The lowest BCUT2D eigenvalue weighted by molar-refractivity contribution is 0.249. The standard InChI is InChI=1S/C21H21N3O/c1-15-14-19(12-13-22-15)18-8-10-20(11-9-18)24-21(25)23-16(2)17-6-4-3-5-7-17/h3-14,16H,1-2H3,(H2,23,24,25). The lowest BCUT2D eigenvalue weighted by Crippen LogP contribution is -2.31. The van der Waals surface area contributed by atoms with Gasteiger partial charge in [0.05, 0.1) is 6.04 Å². The number of amides is 2. The van der Waals surface area contributed by atoms with Gasteiger partial charge in [-0.1, -0.05) is 42.5 Å². The molecular formula is C21H21N3O. The van der Waals surface area contributed by atoms with Crippen LogP contribution in [0, 0.1) is 6.92 Å². The fraction of sp³-hybridized carbons (Fsp3) is 0.143. The Morgan fingerprint density at radius 3 is 2.36 bits per heavy atom. The van der Waals surface area contributed by atoms with Gasteiger partial charge in [-0.2, -0.15) is 0 Å². The van der Waals surface area contributed by atoms with E-state index in [2.05, 4.69) is 15.6 Å². The largest absolute Gasteiger partial charge is 0.331 e. The molecule has 3 rings (SSSR count). The molecule has 1 unspecified atom stereocenters. The van der Waals surface area contributed by atoms with Crippen LogP contribution in [-0.2, 0) is 0 Å². The molecule has 2 N–H and O–H groups in total. The van der Waals surface area contributed by atoms with Crippen LogP contribution in [0.25, 0.3) is 11.1 Å². The summed E-state index contributed by atoms with van der Waals surface area (Å²) in [5.41, 5.74) is 5.01. The van der Waals surface area contributed by atoms with E-state index in [1.807, 2.05) is 80.6 Å². The highest BCUT2D eigenvalue weighted by molar-refractivity contribution is 5.89. The molecule has 2 aromatic carbocycles. The molecule has 0 aliphatic rings. The van der Waals surface area contributed by atoms with Crippen LogP contribution in [-0.4, -0.2) is 11.0 Å². The maximum atomic E-state index is 12.2. The zero-order valence-corrected chi connectivity index (χ0v) is 14.4. The van der Waals surface area contributed by atoms with Crippen LogP contribution in [0.3, 0.4) is 0 Å². The number of rotatable bonds is 4. The molecule has 0 radical (unpaired) electrons. The van der Waals surface area contributed by atoms with E-state index in [4.69, 9.17) is 0 Å². The van der Waals surface area contributed by atoms with Crippen molar-refractivity contribution >= 4 is 11.7 Å². The zero-order valence-electron chi connectivity index (χ0n) is 14.4. The summed E-state index contributed by atoms with van der Waals surface area (Å²) in [5, 5.41) is 5.81. The topological polar surface area (TPSA) is 54.0 Å². The highest BCUT2D eigenvalue weighted by Gasteiger charge is 2.09. The molecule has 4 nitrogen and oxygen atoms in total. The van der Waals surface area contributed by atoms with Crippen molar-refractivity contribution < 1.29 is 4.79 Å². The van der Waals surface area contributed by atoms with Gasteiger partial charge >= 0.3 is 6.03 Å². The average Bonchev–Trinajstić information content (AvgIpc) is 2.63. The van der Waals surface area contributed by atoms with Gasteiger partial charge in [0.15, 0.2) is 0 Å². The summed E-state index contributed by atoms with van der Waals surface area (Å²) in [7, 11) is 0. The van der Waals surface area contributed by atoms with Crippen molar-refractivity contribution in [2.24, 2.45) is 0 Å². The third-order valence-corrected chi connectivity index (χ3v) is 4.02. The quantitative estimate of drug-likeness (QED) is 0.711. The summed E-state index contributed by atoms with van der Waals surface area (Å²) in [6.45, 7) is 3.93. The van der Waals surface area contributed by atoms with Crippen molar-refractivity contribution in [1.82, 2.24) is 10.3 Å². The zero-order chi connectivity index (χ0) is 17.6. The number of aromatic nitrogens is 1. The maximum Gasteiger partial charge on any atom is 0.319 e. The molecule has 25 heavy (non-hydrogen) atoms. The van der Waals surface area contributed by atoms with Gasteiger partial charge in [-0.05, 0) is 54.8 Å². The third kappa shape index (κ3) is 4.44. The van der Waals surface area contributed by atoms with E-state index < -0.39 is 0 Å². The number of aryl methyl sites for hydroxylation is 1. The monoisotopic (exact) mass is 331 g/mol. The molecular weight excluding hydrogens is 310 g/mol. The first kappa shape index (κ1) is 16.7. The fourth-order valence-corrected chi connectivity index (χ4v) is 2.66. The van der Waals surface area contributed by atoms with Crippen LogP contribution in [0.2, 0.25) is 0 Å². The van der Waals surface area contributed by atoms with Gasteiger partial charge in [-0.3, -0.25) is 4.98 Å². The van der Waals surface area contributed by atoms with Crippen molar-refractivity contribution in [1.29, 1.82) is 0 Å². The second kappa shape index (κ2) is 7.62. The second-order valence-corrected chi connectivity index (χ2v) is 5.99. The number of pyridine rings is 1. The van der Waals surface area contributed by atoms with Gasteiger partial charge in [0.25, 0.3) is 0 Å². The SMILES string of the molecule is Cc1cc(-c2ccc(NC(=O)NC(C)c3ccccc3)cc2)ccn1. The van der Waals surface area contributed by atoms with Crippen molar-refractivity contribution in [3.63, 3.8) is 0 Å². The number of urea groups is 1. The van der Waals surface area contributed by atoms with Gasteiger partial charge in [-0.15, -0.1) is 0 Å². The number of hydrogen-bond donors (Lipinski definition) is 2. The number of carbonyl (C=O) groups is 1. The second-order valence-electron chi connectivity index (χ2n) is 5.99. The van der Waals surface area contributed by atoms with Crippen molar-refractivity contribution in [2.45, 2.75) is 19.9 Å². The van der Waals surface area contributed by atoms with E-state index in [-0.39, 0.29) is 12.1 Å². The van der Waals surface area contributed by atoms with Crippen LogP contribution in [0.1, 0.15) is 24.2 Å². The maximum absolute atomic E-state index is 12.2. The van der Waals surface area contributed by atoms with Crippen LogP contribution in [0.5, 0.6) is 0 Å². The Kier molecular flexibility index (Phi) is 5.09. The minimum Gasteiger partial charge on any atom is -0.331 e. The number of carbonyl (C=O) groups excluding carboxylic acids is 1. The van der Waals surface area contributed by atoms with Gasteiger partial charge in [-0.25, -0.2) is 4.79 Å². The number of nitrogens with zero attached hydrogens (tertiary/aromatic N) is 1. The smallest absolute Gasteiger partial charge is 0.319 e. The van der Waals surface area contributed by atoms with Crippen molar-refractivity contribution in [3.05, 3.63) is 84.2 Å². The third-order valence-electron chi connectivity index (χ3n) is 4.02. The summed E-state index contributed by atoms with van der Waals surface area (Å²) >= 11 is 0. The average molecular weight is 331 g/mol. The Labute approximate surface area is 147 Å². The molecule has 0 saturated heterocycles. The van der Waals surface area contributed by atoms with E-state index in [1.165, 1.54) is 0 Å².